The van der Waals surface area contributed by atoms with Crippen molar-refractivity contribution in [3.63, 3.8) is 0 Å². The summed E-state index contributed by atoms with van der Waals surface area (Å²) < 4.78 is 22.1. The molecule has 0 unspecified atom stereocenters. The molecule has 7 nitrogen and oxygen atoms in total. The number of nitrogens with one attached hydrogen (secondary N) is 3. The molecule has 0 saturated carbocycles. The van der Waals surface area contributed by atoms with Gasteiger partial charge in [-0.05, 0) is 53.3 Å². The first-order chi connectivity index (χ1) is 19.4. The molecule has 10 heteroatoms. The Labute approximate surface area is 251 Å². The third-order valence-electron chi connectivity index (χ3n) is 7.81. The van der Waals surface area contributed by atoms with Crippen LogP contribution in [0.15, 0.2) is 59.1 Å². The number of carbonyl (C=O) groups excluding carboxylic acids is 2. The fraction of sp³-hybridized carbons (Fsp3) is 0.323. The number of methoxy groups -OCH3 is 1. The lowest BCUT2D eigenvalue weighted by molar-refractivity contribution is -0.122. The zero-order valence-electron chi connectivity index (χ0n) is 22.9. The van der Waals surface area contributed by atoms with E-state index in [1.165, 1.54) is 19.2 Å². The molecule has 0 aliphatic carbocycles. The summed E-state index contributed by atoms with van der Waals surface area (Å²) in [5, 5.41) is 18.5. The number of anilines is 2. The first-order valence-electron chi connectivity index (χ1n) is 13.1. The van der Waals surface area contributed by atoms with Gasteiger partial charge >= 0.3 is 0 Å². The average molecular weight is 640 g/mol. The van der Waals surface area contributed by atoms with Crippen LogP contribution in [0, 0.1) is 22.6 Å². The van der Waals surface area contributed by atoms with Crippen LogP contribution in [0.25, 0.3) is 0 Å². The topological polar surface area (TPSA) is 103 Å². The predicted molar refractivity (Wildman–Crippen MR) is 160 cm³/mol. The summed E-state index contributed by atoms with van der Waals surface area (Å²) in [6.45, 7) is 6.17. The summed E-state index contributed by atoms with van der Waals surface area (Å²) in [4.78, 5) is 28.4. The highest BCUT2D eigenvalue weighted by atomic mass is 79.9. The van der Waals surface area contributed by atoms with E-state index >= 15 is 4.39 Å². The van der Waals surface area contributed by atoms with Crippen LogP contribution in [0.2, 0.25) is 5.02 Å². The summed E-state index contributed by atoms with van der Waals surface area (Å²) in [5.74, 6) is -2.13. The number of amides is 2. The van der Waals surface area contributed by atoms with Crippen molar-refractivity contribution in [1.82, 2.24) is 5.32 Å². The van der Waals surface area contributed by atoms with Gasteiger partial charge in [-0.25, -0.2) is 4.39 Å². The molecule has 0 radical (unpaired) electrons. The second kappa shape index (κ2) is 10.8. The fourth-order valence-corrected chi connectivity index (χ4v) is 6.77. The van der Waals surface area contributed by atoms with Gasteiger partial charge in [0.1, 0.15) is 17.0 Å². The average Bonchev–Trinajstić information content (AvgIpc) is 3.39. The molecule has 0 bridgehead atoms. The van der Waals surface area contributed by atoms with E-state index in [4.69, 9.17) is 16.3 Å². The summed E-state index contributed by atoms with van der Waals surface area (Å²) >= 11 is 9.75. The van der Waals surface area contributed by atoms with Crippen LogP contribution in [-0.2, 0) is 15.0 Å². The van der Waals surface area contributed by atoms with E-state index in [1.54, 1.807) is 24.3 Å². The number of hydrogen-bond donors (Lipinski definition) is 3. The Morgan fingerprint density at radius 3 is 2.66 bits per heavy atom. The quantitative estimate of drug-likeness (QED) is 0.295. The molecule has 1 saturated heterocycles. The number of nitriles is 1. The van der Waals surface area contributed by atoms with Crippen molar-refractivity contribution >= 4 is 50.7 Å². The molecule has 1 fully saturated rings. The molecular formula is C31H29BrClFN4O3. The molecular weight excluding hydrogens is 611 g/mol. The fourth-order valence-electron chi connectivity index (χ4n) is 6.23. The second-order valence-electron chi connectivity index (χ2n) is 11.6. The van der Waals surface area contributed by atoms with Gasteiger partial charge in [0.25, 0.3) is 0 Å². The molecule has 3 N–H and O–H groups in total. The molecule has 212 valence electrons. The Morgan fingerprint density at radius 1 is 1.22 bits per heavy atom. The van der Waals surface area contributed by atoms with Crippen LogP contribution in [-0.4, -0.2) is 31.0 Å². The van der Waals surface area contributed by atoms with Gasteiger partial charge in [-0.2, -0.15) is 5.26 Å². The Hall–Kier alpha value is -3.45. The highest BCUT2D eigenvalue weighted by Crippen LogP contribution is 2.57. The van der Waals surface area contributed by atoms with Gasteiger partial charge in [0, 0.05) is 28.2 Å². The van der Waals surface area contributed by atoms with Crippen LogP contribution in [0.1, 0.15) is 49.8 Å². The highest BCUT2D eigenvalue weighted by molar-refractivity contribution is 9.10. The summed E-state index contributed by atoms with van der Waals surface area (Å²) in [5.41, 5.74) is 0.590. The highest BCUT2D eigenvalue weighted by Gasteiger charge is 2.66. The lowest BCUT2D eigenvalue weighted by Gasteiger charge is -2.37. The standard InChI is InChI=1S/C31H29BrClFN4O3/c1-30(2,3)14-24-31(19-10-9-17(32)13-22(19)37-29(31)40)25(18-6-5-7-20(33)26(18)34)27(38-24)28(39)36-21-11-8-16(15-35)12-23(21)41-4/h5-13,24-25,27,38H,14H2,1-4H3,(H,36,39)(H,37,40)/t24-,25-,27+,31+/m0/s1. The van der Waals surface area contributed by atoms with E-state index in [0.717, 1.165) is 4.47 Å². The first-order valence-corrected chi connectivity index (χ1v) is 14.3. The number of fused-ring (bicyclic) bond motifs is 2. The van der Waals surface area contributed by atoms with Crippen LogP contribution >= 0.6 is 27.5 Å². The van der Waals surface area contributed by atoms with E-state index in [1.807, 2.05) is 24.3 Å². The number of ether oxygens (including phenoxy) is 1. The first kappa shape index (κ1) is 29.1. The minimum Gasteiger partial charge on any atom is -0.495 e. The van der Waals surface area contributed by atoms with Crippen molar-refractivity contribution in [1.29, 1.82) is 5.26 Å². The molecule has 2 aliphatic heterocycles. The maximum atomic E-state index is 15.9. The van der Waals surface area contributed by atoms with Gasteiger partial charge in [0.15, 0.2) is 0 Å². The minimum atomic E-state index is -1.33. The van der Waals surface area contributed by atoms with Gasteiger partial charge < -0.3 is 20.7 Å². The molecule has 3 aromatic rings. The maximum Gasteiger partial charge on any atom is 0.242 e. The smallest absolute Gasteiger partial charge is 0.242 e. The number of benzene rings is 3. The van der Waals surface area contributed by atoms with Crippen LogP contribution in [0.5, 0.6) is 5.75 Å². The zero-order valence-corrected chi connectivity index (χ0v) is 25.3. The summed E-state index contributed by atoms with van der Waals surface area (Å²) in [6, 6.07) is 15.3. The normalized spacial score (nSPS) is 23.2. The SMILES string of the molecule is COc1cc(C#N)ccc1NC(=O)[C@@H]1N[C@@H](CC(C)(C)C)[C@@]2(C(=O)Nc3cc(Br)ccc32)[C@H]1c1cccc(Cl)c1F. The van der Waals surface area contributed by atoms with Crippen molar-refractivity contribution in [3.05, 3.63) is 86.6 Å². The molecule has 0 aromatic heterocycles. The second-order valence-corrected chi connectivity index (χ2v) is 12.9. The summed E-state index contributed by atoms with van der Waals surface area (Å²) in [6.07, 6.45) is 0.512. The lowest BCUT2D eigenvalue weighted by Crippen LogP contribution is -2.49. The van der Waals surface area contributed by atoms with Crippen molar-refractivity contribution in [2.45, 2.75) is 50.6 Å². The maximum absolute atomic E-state index is 15.9. The molecule has 4 atom stereocenters. The molecule has 3 aromatic carbocycles. The third-order valence-corrected chi connectivity index (χ3v) is 8.59. The Kier molecular flexibility index (Phi) is 7.62. The van der Waals surface area contributed by atoms with E-state index in [9.17, 15) is 14.9 Å². The van der Waals surface area contributed by atoms with Gasteiger partial charge in [0.05, 0.1) is 35.5 Å². The van der Waals surface area contributed by atoms with Crippen molar-refractivity contribution in [2.24, 2.45) is 5.41 Å². The molecule has 2 aliphatic rings. The van der Waals surface area contributed by atoms with E-state index in [-0.39, 0.29) is 21.9 Å². The molecule has 1 spiro atoms. The van der Waals surface area contributed by atoms with Gasteiger partial charge in [-0.15, -0.1) is 0 Å². The van der Waals surface area contributed by atoms with E-state index in [0.29, 0.717) is 34.7 Å². The molecule has 2 amide bonds. The summed E-state index contributed by atoms with van der Waals surface area (Å²) in [7, 11) is 1.44. The monoisotopic (exact) mass is 638 g/mol. The van der Waals surface area contributed by atoms with E-state index < -0.39 is 35.1 Å². The lowest BCUT2D eigenvalue weighted by atomic mass is 9.62. The molecule has 2 heterocycles. The number of halogens is 3. The Morgan fingerprint density at radius 2 is 1.98 bits per heavy atom. The largest absolute Gasteiger partial charge is 0.495 e. The number of nitrogens with zero attached hydrogens (tertiary/aromatic N) is 1. The van der Waals surface area contributed by atoms with Crippen molar-refractivity contribution in [3.8, 4) is 11.8 Å². The van der Waals surface area contributed by atoms with Crippen LogP contribution in [0.4, 0.5) is 15.8 Å². The number of rotatable bonds is 5. The van der Waals surface area contributed by atoms with Crippen LogP contribution in [0.3, 0.4) is 0 Å². The Balaban J connectivity index is 1.71. The number of hydrogen-bond acceptors (Lipinski definition) is 5. The molecule has 41 heavy (non-hydrogen) atoms. The minimum absolute atomic E-state index is 0.0979. The van der Waals surface area contributed by atoms with Crippen LogP contribution < -0.4 is 20.7 Å². The number of carbonyl (C=O) groups is 2. The van der Waals surface area contributed by atoms with Crippen molar-refractivity contribution < 1.29 is 18.7 Å². The zero-order chi connectivity index (χ0) is 29.7. The van der Waals surface area contributed by atoms with Gasteiger partial charge in [0.2, 0.25) is 11.8 Å². The third kappa shape index (κ3) is 4.99. The molecule has 5 rings (SSSR count). The van der Waals surface area contributed by atoms with Gasteiger partial charge in [-0.1, -0.05) is 66.5 Å². The van der Waals surface area contributed by atoms with Gasteiger partial charge in [-0.3, -0.25) is 9.59 Å². The Bertz CT molecular complexity index is 1600. The van der Waals surface area contributed by atoms with Crippen molar-refractivity contribution in [2.75, 3.05) is 17.7 Å². The predicted octanol–water partition coefficient (Wildman–Crippen LogP) is 6.51. The van der Waals surface area contributed by atoms with E-state index in [2.05, 4.69) is 52.7 Å².